The van der Waals surface area contributed by atoms with Gasteiger partial charge in [0.15, 0.2) is 17.6 Å². The molecule has 2 amide bonds. The van der Waals surface area contributed by atoms with Crippen molar-refractivity contribution < 1.29 is 38.1 Å². The highest BCUT2D eigenvalue weighted by atomic mass is 35.5. The van der Waals surface area contributed by atoms with Gasteiger partial charge in [0, 0.05) is 33.6 Å². The number of ether oxygens (including phenoxy) is 4. The lowest BCUT2D eigenvalue weighted by atomic mass is 10.0. The first-order chi connectivity index (χ1) is 28.3. The van der Waals surface area contributed by atoms with Gasteiger partial charge in [0.2, 0.25) is 5.91 Å². The van der Waals surface area contributed by atoms with Gasteiger partial charge in [-0.2, -0.15) is 0 Å². The summed E-state index contributed by atoms with van der Waals surface area (Å²) >= 11 is 20.2. The van der Waals surface area contributed by atoms with Crippen molar-refractivity contribution in [3.63, 3.8) is 0 Å². The van der Waals surface area contributed by atoms with Crippen LogP contribution in [0.3, 0.4) is 0 Å². The monoisotopic (exact) mass is 874 g/mol. The number of amides is 2. The van der Waals surface area contributed by atoms with E-state index in [1.54, 1.807) is 57.2 Å². The van der Waals surface area contributed by atoms with Crippen LogP contribution in [0, 0.1) is 0 Å². The molecule has 1 fully saturated rings. The number of carbonyl (C=O) groups is 4. The molecule has 0 aliphatic carbocycles. The molecule has 1 saturated heterocycles. The summed E-state index contributed by atoms with van der Waals surface area (Å²) in [7, 11) is 0. The molecule has 0 bridgehead atoms. The smallest absolute Gasteiger partial charge is 0.420 e. The van der Waals surface area contributed by atoms with Crippen LogP contribution in [-0.2, 0) is 30.3 Å². The van der Waals surface area contributed by atoms with Crippen LogP contribution in [0.2, 0.25) is 15.1 Å². The Bertz CT molecular complexity index is 2380. The van der Waals surface area contributed by atoms with Crippen molar-refractivity contribution in [2.75, 3.05) is 12.4 Å². The standard InChI is InChI=1S/C43H37Cl3N4O8S/c1-43(2,3)58-42(54)49-24-47-21-30(49)20-35(51)48-36-39(52)50-37(41(53)57-38(25-10-6-4-7-11-25)26-12-8-5-9-13-26)27(23-59-40(36)50)22-55-34-19-29(45)15-17-33(34)56-32-16-14-28(44)18-31(32)46/h4-19,21,24,36,38,40H,20,22-23H2,1-3H3,(H,48,51). The Morgan fingerprint density at radius 3 is 2.17 bits per heavy atom. The van der Waals surface area contributed by atoms with Crippen molar-refractivity contribution in [3.8, 4) is 17.2 Å². The maximum atomic E-state index is 14.5. The zero-order valence-electron chi connectivity index (χ0n) is 31.9. The minimum absolute atomic E-state index is 0.00523. The zero-order chi connectivity index (χ0) is 41.8. The third kappa shape index (κ3) is 9.71. The number of halogens is 3. The van der Waals surface area contributed by atoms with E-state index in [9.17, 15) is 19.2 Å². The summed E-state index contributed by atoms with van der Waals surface area (Å²) in [4.78, 5) is 60.0. The van der Waals surface area contributed by atoms with Crippen LogP contribution in [0.5, 0.6) is 17.2 Å². The summed E-state index contributed by atoms with van der Waals surface area (Å²) in [6.45, 7) is 5.02. The normalized spacial score (nSPS) is 16.3. The Labute approximate surface area is 359 Å². The van der Waals surface area contributed by atoms with Gasteiger partial charge in [0.25, 0.3) is 5.91 Å². The fourth-order valence-corrected chi connectivity index (χ4v) is 8.30. The first-order valence-corrected chi connectivity index (χ1v) is 20.5. The molecule has 2 aliphatic heterocycles. The number of thioether (sulfide) groups is 1. The second kappa shape index (κ2) is 17.8. The lowest BCUT2D eigenvalue weighted by molar-refractivity contribution is -0.154. The molecule has 1 N–H and O–H groups in total. The number of rotatable bonds is 12. The molecule has 0 spiro atoms. The van der Waals surface area contributed by atoms with Crippen molar-refractivity contribution >= 4 is 70.4 Å². The molecular formula is C43H37Cl3N4O8S. The van der Waals surface area contributed by atoms with E-state index >= 15 is 0 Å². The molecule has 7 rings (SSSR count). The van der Waals surface area contributed by atoms with Gasteiger partial charge in [0.1, 0.15) is 41.4 Å². The number of nitrogens with zero attached hydrogens (tertiary/aromatic N) is 3. The average Bonchev–Trinajstić information content (AvgIpc) is 3.67. The molecule has 0 saturated carbocycles. The number of fused-ring (bicyclic) bond motifs is 1. The Kier molecular flexibility index (Phi) is 12.6. The summed E-state index contributed by atoms with van der Waals surface area (Å²) in [5.41, 5.74) is 1.39. The molecule has 16 heteroatoms. The molecule has 2 aliphatic rings. The summed E-state index contributed by atoms with van der Waals surface area (Å²) < 4.78 is 25.2. The highest BCUT2D eigenvalue weighted by Gasteiger charge is 2.54. The van der Waals surface area contributed by atoms with Gasteiger partial charge in [-0.25, -0.2) is 19.1 Å². The van der Waals surface area contributed by atoms with Gasteiger partial charge in [-0.15, -0.1) is 11.8 Å². The topological polar surface area (TPSA) is 138 Å². The van der Waals surface area contributed by atoms with Crippen molar-refractivity contribution in [3.05, 3.63) is 153 Å². The van der Waals surface area contributed by atoms with E-state index in [1.165, 1.54) is 29.2 Å². The van der Waals surface area contributed by atoms with Gasteiger partial charge < -0.3 is 24.3 Å². The highest BCUT2D eigenvalue weighted by Crippen LogP contribution is 2.43. The number of carbonyl (C=O) groups excluding carboxylic acids is 4. The van der Waals surface area contributed by atoms with Crippen LogP contribution >= 0.6 is 46.6 Å². The van der Waals surface area contributed by atoms with Gasteiger partial charge in [0.05, 0.1) is 17.1 Å². The van der Waals surface area contributed by atoms with E-state index in [-0.39, 0.29) is 46.7 Å². The molecule has 1 aromatic heterocycles. The predicted molar refractivity (Wildman–Crippen MR) is 224 cm³/mol. The average molecular weight is 876 g/mol. The number of hydrogen-bond acceptors (Lipinski definition) is 10. The summed E-state index contributed by atoms with van der Waals surface area (Å²) in [6.07, 6.45) is 0.883. The fraction of sp³-hybridized carbons (Fsp3) is 0.233. The van der Waals surface area contributed by atoms with Crippen LogP contribution in [0.1, 0.15) is 43.7 Å². The number of aromatic nitrogens is 2. The summed E-state index contributed by atoms with van der Waals surface area (Å²) in [5.74, 6) is -0.732. The van der Waals surface area contributed by atoms with E-state index in [2.05, 4.69) is 10.3 Å². The Morgan fingerprint density at radius 1 is 0.881 bits per heavy atom. The van der Waals surface area contributed by atoms with Crippen LogP contribution in [0.15, 0.2) is 121 Å². The number of esters is 1. The van der Waals surface area contributed by atoms with Crippen LogP contribution < -0.4 is 14.8 Å². The second-order valence-corrected chi connectivity index (χ2v) is 16.9. The molecule has 304 valence electrons. The van der Waals surface area contributed by atoms with Gasteiger partial charge in [-0.1, -0.05) is 95.5 Å². The first-order valence-electron chi connectivity index (χ1n) is 18.3. The lowest BCUT2D eigenvalue weighted by Crippen LogP contribution is -2.70. The molecule has 12 nitrogen and oxygen atoms in total. The molecule has 5 aromatic rings. The van der Waals surface area contributed by atoms with Crippen molar-refractivity contribution in [2.24, 2.45) is 0 Å². The Hall–Kier alpha value is -5.47. The van der Waals surface area contributed by atoms with Crippen molar-refractivity contribution in [2.45, 2.75) is 50.3 Å². The van der Waals surface area contributed by atoms with Gasteiger partial charge >= 0.3 is 12.1 Å². The number of hydrogen-bond donors (Lipinski definition) is 1. The molecule has 2 unspecified atom stereocenters. The summed E-state index contributed by atoms with van der Waals surface area (Å²) in [5, 5.41) is 3.20. The van der Waals surface area contributed by atoms with Crippen LogP contribution in [0.25, 0.3) is 0 Å². The van der Waals surface area contributed by atoms with E-state index in [0.29, 0.717) is 21.4 Å². The Balaban J connectivity index is 1.16. The second-order valence-electron chi connectivity index (χ2n) is 14.5. The molecule has 3 heterocycles. The molecule has 2 atom stereocenters. The maximum Gasteiger partial charge on any atom is 0.420 e. The molecule has 4 aromatic carbocycles. The van der Waals surface area contributed by atoms with E-state index in [4.69, 9.17) is 53.8 Å². The largest absolute Gasteiger partial charge is 0.485 e. The maximum absolute atomic E-state index is 14.5. The third-order valence-corrected chi connectivity index (χ3v) is 11.2. The quantitative estimate of drug-likeness (QED) is 0.0955. The SMILES string of the molecule is CC(C)(C)OC(=O)n1cncc1CC(=O)NC1C(=O)N2C(C(=O)OC(c3ccccc3)c3ccccc3)=C(COc3cc(Cl)ccc3Oc3ccc(Cl)cc3Cl)CSC12. The molecule has 0 radical (unpaired) electrons. The Morgan fingerprint density at radius 2 is 1.53 bits per heavy atom. The van der Waals surface area contributed by atoms with E-state index < -0.39 is 47.0 Å². The molecule has 59 heavy (non-hydrogen) atoms. The van der Waals surface area contributed by atoms with Crippen molar-refractivity contribution in [1.29, 1.82) is 0 Å². The van der Waals surface area contributed by atoms with Gasteiger partial charge in [-0.05, 0) is 62.2 Å². The fourth-order valence-electron chi connectivity index (χ4n) is 6.37. The van der Waals surface area contributed by atoms with Crippen LogP contribution in [0.4, 0.5) is 4.79 Å². The number of imidazole rings is 1. The van der Waals surface area contributed by atoms with Crippen LogP contribution in [-0.4, -0.2) is 67.7 Å². The van der Waals surface area contributed by atoms with Crippen molar-refractivity contribution in [1.82, 2.24) is 19.8 Å². The highest BCUT2D eigenvalue weighted by molar-refractivity contribution is 8.00. The molecular weight excluding hydrogens is 839 g/mol. The third-order valence-electron chi connectivity index (χ3n) is 9.06. The number of benzene rings is 4. The van der Waals surface area contributed by atoms with Gasteiger partial charge in [-0.3, -0.25) is 14.5 Å². The summed E-state index contributed by atoms with van der Waals surface area (Å²) in [6, 6.07) is 27.2. The van der Waals surface area contributed by atoms with E-state index in [0.717, 1.165) is 15.7 Å². The zero-order valence-corrected chi connectivity index (χ0v) is 35.0. The predicted octanol–water partition coefficient (Wildman–Crippen LogP) is 9.03. The minimum Gasteiger partial charge on any atom is -0.485 e. The number of nitrogens with one attached hydrogen (secondary N) is 1. The lowest BCUT2D eigenvalue weighted by Gasteiger charge is -2.49. The first kappa shape index (κ1) is 41.7. The van der Waals surface area contributed by atoms with E-state index in [1.807, 2.05) is 60.7 Å². The minimum atomic E-state index is -0.980. The number of β-lactam (4-membered cyclic amide) rings is 1.